The lowest BCUT2D eigenvalue weighted by atomic mass is 9.99. The van der Waals surface area contributed by atoms with Gasteiger partial charge < -0.3 is 0 Å². The van der Waals surface area contributed by atoms with Crippen molar-refractivity contribution in [2.24, 2.45) is 5.84 Å². The molecule has 0 saturated heterocycles. The fraction of sp³-hybridized carbons (Fsp3) is 0.200. The normalized spacial score (nSPS) is 12.4. The van der Waals surface area contributed by atoms with Crippen molar-refractivity contribution in [3.8, 4) is 0 Å². The highest BCUT2D eigenvalue weighted by molar-refractivity contribution is 9.10. The molecule has 0 aliphatic heterocycles. The molecule has 0 fully saturated rings. The number of hydrogen-bond acceptors (Lipinski definition) is 2. The van der Waals surface area contributed by atoms with Gasteiger partial charge in [0, 0.05) is 10.5 Å². The first-order valence-corrected chi connectivity index (χ1v) is 7.51. The van der Waals surface area contributed by atoms with Gasteiger partial charge in [0.15, 0.2) is 0 Å². The van der Waals surface area contributed by atoms with Crippen LogP contribution in [0.15, 0.2) is 40.9 Å². The monoisotopic (exact) mass is 374 g/mol. The van der Waals surface area contributed by atoms with E-state index in [0.717, 1.165) is 0 Å². The highest BCUT2D eigenvalue weighted by atomic mass is 79.9. The average molecular weight is 376 g/mol. The summed E-state index contributed by atoms with van der Waals surface area (Å²) in [7, 11) is 0. The largest absolute Gasteiger partial charge is 0.271 e. The van der Waals surface area contributed by atoms with Gasteiger partial charge in [0.2, 0.25) is 0 Å². The Hall–Kier alpha value is -1.01. The Labute approximate surface area is 135 Å². The lowest BCUT2D eigenvalue weighted by Crippen LogP contribution is -2.38. The average Bonchev–Trinajstić information content (AvgIpc) is 2.45. The Morgan fingerprint density at radius 3 is 2.52 bits per heavy atom. The van der Waals surface area contributed by atoms with Gasteiger partial charge >= 0.3 is 0 Å². The Balaban J connectivity index is 2.15. The van der Waals surface area contributed by atoms with Crippen LogP contribution in [0.4, 0.5) is 8.78 Å². The van der Waals surface area contributed by atoms with Gasteiger partial charge in [0.05, 0.1) is 5.02 Å². The van der Waals surface area contributed by atoms with Crippen LogP contribution in [0, 0.1) is 11.6 Å². The summed E-state index contributed by atoms with van der Waals surface area (Å²) >= 11 is 8.96. The number of rotatable bonds is 5. The summed E-state index contributed by atoms with van der Waals surface area (Å²) in [6, 6.07) is 9.33. The molecule has 112 valence electrons. The van der Waals surface area contributed by atoms with Crippen LogP contribution >= 0.6 is 27.5 Å². The Bertz CT molecular complexity index is 637. The van der Waals surface area contributed by atoms with Crippen molar-refractivity contribution in [1.29, 1.82) is 0 Å². The van der Waals surface area contributed by atoms with Crippen molar-refractivity contribution in [2.45, 2.75) is 18.9 Å². The Morgan fingerprint density at radius 2 is 1.86 bits per heavy atom. The van der Waals surface area contributed by atoms with Gasteiger partial charge in [-0.3, -0.25) is 11.3 Å². The number of hydrazine groups is 1. The van der Waals surface area contributed by atoms with Gasteiger partial charge in [-0.05, 0) is 42.2 Å². The van der Waals surface area contributed by atoms with Crippen LogP contribution in [0.3, 0.4) is 0 Å². The lowest BCUT2D eigenvalue weighted by Gasteiger charge is -2.17. The number of benzene rings is 2. The van der Waals surface area contributed by atoms with Crippen LogP contribution in [-0.4, -0.2) is 6.04 Å². The molecule has 1 atom stereocenters. The van der Waals surface area contributed by atoms with Crippen LogP contribution in [0.1, 0.15) is 11.1 Å². The van der Waals surface area contributed by atoms with Crippen molar-refractivity contribution in [3.05, 3.63) is 68.7 Å². The molecule has 1 unspecified atom stereocenters. The predicted molar refractivity (Wildman–Crippen MR) is 84.0 cm³/mol. The van der Waals surface area contributed by atoms with Crippen molar-refractivity contribution < 1.29 is 8.78 Å². The van der Waals surface area contributed by atoms with E-state index in [-0.39, 0.29) is 16.9 Å². The van der Waals surface area contributed by atoms with Crippen LogP contribution in [0.25, 0.3) is 0 Å². The molecule has 0 amide bonds. The maximum Gasteiger partial charge on any atom is 0.145 e. The molecule has 0 heterocycles. The first kappa shape index (κ1) is 16.4. The van der Waals surface area contributed by atoms with Crippen molar-refractivity contribution in [1.82, 2.24) is 5.43 Å². The summed E-state index contributed by atoms with van der Waals surface area (Å²) in [6.45, 7) is 0. The molecule has 2 aromatic carbocycles. The third-order valence-corrected chi connectivity index (χ3v) is 4.00. The molecule has 0 saturated carbocycles. The third kappa shape index (κ3) is 4.23. The zero-order valence-electron chi connectivity index (χ0n) is 11.0. The molecule has 2 nitrogen and oxygen atoms in total. The van der Waals surface area contributed by atoms with E-state index in [0.29, 0.717) is 28.4 Å². The predicted octanol–water partition coefficient (Wildman–Crippen LogP) is 4.00. The zero-order chi connectivity index (χ0) is 15.4. The zero-order valence-corrected chi connectivity index (χ0v) is 13.4. The van der Waals surface area contributed by atoms with E-state index in [9.17, 15) is 8.78 Å². The number of hydrogen-bond donors (Lipinski definition) is 2. The minimum Gasteiger partial charge on any atom is -0.271 e. The number of nitrogens with one attached hydrogen (secondary N) is 1. The van der Waals surface area contributed by atoms with Crippen LogP contribution in [0.2, 0.25) is 5.02 Å². The van der Waals surface area contributed by atoms with E-state index in [1.165, 1.54) is 12.1 Å². The standard InChI is InChI=1S/C15H14BrClF2N2/c16-11-5-4-9(14(18)8-11)6-12(21-20)7-10-2-1-3-13(17)15(10)19/h1-5,8,12,21H,6-7,20H2. The Kier molecular flexibility index (Phi) is 5.70. The first-order chi connectivity index (χ1) is 10.0. The second-order valence-corrected chi connectivity index (χ2v) is 6.04. The number of halogens is 4. The van der Waals surface area contributed by atoms with Crippen LogP contribution < -0.4 is 11.3 Å². The number of nitrogens with two attached hydrogens (primary N) is 1. The van der Waals surface area contributed by atoms with Gasteiger partial charge in [-0.25, -0.2) is 8.78 Å². The van der Waals surface area contributed by atoms with Gasteiger partial charge in [-0.1, -0.05) is 45.7 Å². The maximum absolute atomic E-state index is 13.9. The smallest absolute Gasteiger partial charge is 0.145 e. The summed E-state index contributed by atoms with van der Waals surface area (Å²) in [5, 5.41) is 0.0677. The van der Waals surface area contributed by atoms with E-state index in [1.807, 2.05) is 0 Å². The summed E-state index contributed by atoms with van der Waals surface area (Å²) in [5.41, 5.74) is 3.56. The molecule has 3 N–H and O–H groups in total. The first-order valence-electron chi connectivity index (χ1n) is 6.34. The molecule has 0 spiro atoms. The highest BCUT2D eigenvalue weighted by Gasteiger charge is 2.15. The molecule has 0 aliphatic carbocycles. The molecule has 21 heavy (non-hydrogen) atoms. The second kappa shape index (κ2) is 7.31. The highest BCUT2D eigenvalue weighted by Crippen LogP contribution is 2.21. The minimum absolute atomic E-state index is 0.0677. The fourth-order valence-electron chi connectivity index (χ4n) is 2.11. The van der Waals surface area contributed by atoms with Gasteiger partial charge in [-0.15, -0.1) is 0 Å². The SMILES string of the molecule is NNC(Cc1ccc(Br)cc1F)Cc1cccc(Cl)c1F. The fourth-order valence-corrected chi connectivity index (χ4v) is 2.64. The molecule has 0 radical (unpaired) electrons. The Morgan fingerprint density at radius 1 is 1.14 bits per heavy atom. The molecule has 0 bridgehead atoms. The van der Waals surface area contributed by atoms with E-state index in [2.05, 4.69) is 21.4 Å². The summed E-state index contributed by atoms with van der Waals surface area (Å²) in [4.78, 5) is 0. The summed E-state index contributed by atoms with van der Waals surface area (Å²) in [5.74, 6) is 4.71. The quantitative estimate of drug-likeness (QED) is 0.612. The third-order valence-electron chi connectivity index (χ3n) is 3.22. The van der Waals surface area contributed by atoms with E-state index >= 15 is 0 Å². The minimum atomic E-state index is -0.462. The molecular weight excluding hydrogens is 362 g/mol. The molecular formula is C15H14BrClF2N2. The molecule has 2 aromatic rings. The van der Waals surface area contributed by atoms with Crippen LogP contribution in [-0.2, 0) is 12.8 Å². The second-order valence-electron chi connectivity index (χ2n) is 4.72. The van der Waals surface area contributed by atoms with Crippen LogP contribution in [0.5, 0.6) is 0 Å². The molecule has 0 aromatic heterocycles. The van der Waals surface area contributed by atoms with Crippen molar-refractivity contribution in [3.63, 3.8) is 0 Å². The lowest BCUT2D eigenvalue weighted by molar-refractivity contribution is 0.494. The maximum atomic E-state index is 13.9. The van der Waals surface area contributed by atoms with Gasteiger partial charge in [-0.2, -0.15) is 0 Å². The van der Waals surface area contributed by atoms with Crippen molar-refractivity contribution >= 4 is 27.5 Å². The van der Waals surface area contributed by atoms with E-state index in [4.69, 9.17) is 17.4 Å². The molecule has 6 heteroatoms. The molecule has 0 aliphatic rings. The van der Waals surface area contributed by atoms with Crippen molar-refractivity contribution in [2.75, 3.05) is 0 Å². The van der Waals surface area contributed by atoms with E-state index in [1.54, 1.807) is 24.3 Å². The summed E-state index contributed by atoms with van der Waals surface area (Å²) < 4.78 is 28.4. The van der Waals surface area contributed by atoms with Gasteiger partial charge in [0.1, 0.15) is 11.6 Å². The van der Waals surface area contributed by atoms with Gasteiger partial charge in [0.25, 0.3) is 0 Å². The van der Waals surface area contributed by atoms with E-state index < -0.39 is 5.82 Å². The molecule has 2 rings (SSSR count). The topological polar surface area (TPSA) is 38.0 Å². The summed E-state index contributed by atoms with van der Waals surface area (Å²) in [6.07, 6.45) is 0.667.